The Kier molecular flexibility index (Phi) is 17.9. The van der Waals surface area contributed by atoms with Crippen LogP contribution in [0.15, 0.2) is 67.0 Å². The van der Waals surface area contributed by atoms with Crippen LogP contribution in [0.5, 0.6) is 0 Å². The van der Waals surface area contributed by atoms with Crippen molar-refractivity contribution in [2.75, 3.05) is 63.1 Å². The van der Waals surface area contributed by atoms with Crippen molar-refractivity contribution in [2.45, 2.75) is 89.3 Å². The van der Waals surface area contributed by atoms with Gasteiger partial charge in [-0.25, -0.2) is 19.0 Å². The van der Waals surface area contributed by atoms with Gasteiger partial charge in [-0.1, -0.05) is 30.7 Å². The Labute approximate surface area is 444 Å². The number of alkyl halides is 3. The van der Waals surface area contributed by atoms with E-state index in [0.29, 0.717) is 57.0 Å². The zero-order chi connectivity index (χ0) is 55.5. The van der Waals surface area contributed by atoms with E-state index in [1.165, 1.54) is 36.9 Å². The second-order valence-electron chi connectivity index (χ2n) is 19.1. The summed E-state index contributed by atoms with van der Waals surface area (Å²) in [7, 11) is 1.12. The lowest BCUT2D eigenvalue weighted by Crippen LogP contribution is -2.40. The van der Waals surface area contributed by atoms with Crippen molar-refractivity contribution in [1.29, 1.82) is 0 Å². The van der Waals surface area contributed by atoms with Crippen LogP contribution in [0.2, 0.25) is 0 Å². The van der Waals surface area contributed by atoms with Crippen LogP contribution in [0.25, 0.3) is 32.9 Å². The highest BCUT2D eigenvalue weighted by molar-refractivity contribution is 6.01. The number of hydrogen-bond donors (Lipinski definition) is 5. The van der Waals surface area contributed by atoms with Crippen molar-refractivity contribution in [1.82, 2.24) is 50.4 Å². The maximum absolute atomic E-state index is 15.8. The molecule has 8 rings (SSSR count). The lowest BCUT2D eigenvalue weighted by Gasteiger charge is -2.32. The highest BCUT2D eigenvalue weighted by Crippen LogP contribution is 2.41. The number of esters is 1. The number of nitrogens with zero attached hydrogens (tertiary/aromatic N) is 8. The molecular weight excluding hydrogens is 1020 g/mol. The number of primary amides is 1. The Bertz CT molecular complexity index is 3200. The summed E-state index contributed by atoms with van der Waals surface area (Å²) < 4.78 is 65.5. The molecule has 2 aliphatic heterocycles. The van der Waals surface area contributed by atoms with Gasteiger partial charge in [0.05, 0.1) is 37.1 Å². The minimum Gasteiger partial charge on any atom is -0.468 e. The smallest absolute Gasteiger partial charge is 0.435 e. The Hall–Kier alpha value is -8.51. The van der Waals surface area contributed by atoms with Crippen molar-refractivity contribution in [3.8, 4) is 11.1 Å². The predicted molar refractivity (Wildman–Crippen MR) is 278 cm³/mol. The standard InChI is InChI=1S/C53H59F4N13O8/c1-78-47(76)30-61-43(72)29-60-44(73)31-69-39-10-8-9-36(48(39)50(66-69)53(55,56)57)37-26-40-34(25-38(37)54)27-63-70(40)46(75)17-16-42(71)59-20-5-2-4-11-45(74)68-23-18-33(19-24-68)32-12-14-35(15-13-32)64-52-49(51(58)77)62-28-41(65-52)67-21-6-3-7-22-67/h8-10,12-15,25-28,33H,2-7,11,16-24,29-31H2,1H3,(H2,58,77)(H,59,71)(H,60,73)(H,61,72)(H,64,65). The molecule has 25 heteroatoms. The fourth-order valence-corrected chi connectivity index (χ4v) is 9.64. The van der Waals surface area contributed by atoms with Gasteiger partial charge in [-0.2, -0.15) is 23.4 Å². The molecule has 0 unspecified atom stereocenters. The maximum atomic E-state index is 15.8. The van der Waals surface area contributed by atoms with Crippen LogP contribution < -0.4 is 31.9 Å². The third-order valence-electron chi connectivity index (χ3n) is 13.7. The first-order chi connectivity index (χ1) is 37.5. The van der Waals surface area contributed by atoms with Crippen molar-refractivity contribution in [3.05, 3.63) is 89.8 Å². The number of benzene rings is 3. The average molecular weight is 1080 g/mol. The molecule has 0 aliphatic carbocycles. The average Bonchev–Trinajstić information content (AvgIpc) is 4.12. The maximum Gasteiger partial charge on any atom is 0.435 e. The van der Waals surface area contributed by atoms with Crippen molar-refractivity contribution in [2.24, 2.45) is 5.73 Å². The van der Waals surface area contributed by atoms with E-state index >= 15 is 4.39 Å². The second-order valence-corrected chi connectivity index (χ2v) is 19.1. The number of hydrogen-bond acceptors (Lipinski definition) is 14. The molecule has 2 fully saturated rings. The number of nitrogens with one attached hydrogen (secondary N) is 4. The van der Waals surface area contributed by atoms with Gasteiger partial charge in [-0.05, 0) is 92.3 Å². The van der Waals surface area contributed by atoms with Gasteiger partial charge >= 0.3 is 12.1 Å². The van der Waals surface area contributed by atoms with E-state index < -0.39 is 78.2 Å². The lowest BCUT2D eigenvalue weighted by atomic mass is 9.89. The van der Waals surface area contributed by atoms with Gasteiger partial charge < -0.3 is 41.5 Å². The Morgan fingerprint density at radius 3 is 2.23 bits per heavy atom. The summed E-state index contributed by atoms with van der Waals surface area (Å²) >= 11 is 0. The Morgan fingerprint density at radius 2 is 1.51 bits per heavy atom. The third-order valence-corrected chi connectivity index (χ3v) is 13.7. The molecular formula is C53H59F4N13O8. The van der Waals surface area contributed by atoms with Crippen LogP contribution in [0.3, 0.4) is 0 Å². The second kappa shape index (κ2) is 25.1. The van der Waals surface area contributed by atoms with E-state index in [-0.39, 0.29) is 57.9 Å². The van der Waals surface area contributed by atoms with Gasteiger partial charge in [0.2, 0.25) is 29.5 Å². The fourth-order valence-electron chi connectivity index (χ4n) is 9.64. The number of rotatable bonds is 21. The molecule has 0 spiro atoms. The van der Waals surface area contributed by atoms with Crippen LogP contribution in [-0.2, 0) is 41.4 Å². The molecule has 5 amide bonds. The monoisotopic (exact) mass is 1080 g/mol. The largest absolute Gasteiger partial charge is 0.468 e. The highest BCUT2D eigenvalue weighted by Gasteiger charge is 2.38. The summed E-state index contributed by atoms with van der Waals surface area (Å²) in [6.07, 6.45) is 4.50. The molecule has 3 aromatic carbocycles. The number of nitrogens with two attached hydrogens (primary N) is 1. The van der Waals surface area contributed by atoms with Gasteiger partial charge in [0.25, 0.3) is 5.91 Å². The third kappa shape index (κ3) is 13.7. The Balaban J connectivity index is 0.773. The molecule has 3 aromatic heterocycles. The van der Waals surface area contributed by atoms with Crippen LogP contribution in [0, 0.1) is 5.82 Å². The van der Waals surface area contributed by atoms with Crippen LogP contribution in [0.1, 0.15) is 103 Å². The zero-order valence-corrected chi connectivity index (χ0v) is 42.8. The first-order valence-electron chi connectivity index (χ1n) is 25.7. The molecule has 0 bridgehead atoms. The molecule has 0 atom stereocenters. The van der Waals surface area contributed by atoms with E-state index in [1.807, 2.05) is 29.2 Å². The number of unbranched alkanes of at least 4 members (excludes halogenated alkanes) is 2. The molecule has 21 nitrogen and oxygen atoms in total. The summed E-state index contributed by atoms with van der Waals surface area (Å²) in [6.45, 7) is 1.53. The summed E-state index contributed by atoms with van der Waals surface area (Å²) in [4.78, 5) is 101. The van der Waals surface area contributed by atoms with E-state index in [9.17, 15) is 46.7 Å². The van der Waals surface area contributed by atoms with Crippen molar-refractivity contribution >= 4 is 80.5 Å². The lowest BCUT2D eigenvalue weighted by molar-refractivity contribution is -0.141. The number of fused-ring (bicyclic) bond motifs is 2. The number of anilines is 3. The molecule has 2 aliphatic rings. The minimum atomic E-state index is -5.06. The van der Waals surface area contributed by atoms with Crippen molar-refractivity contribution < 1.29 is 55.9 Å². The molecule has 2 saturated heterocycles. The first-order valence-corrected chi connectivity index (χ1v) is 25.7. The van der Waals surface area contributed by atoms with E-state index in [1.54, 1.807) is 6.20 Å². The minimum absolute atomic E-state index is 0.0710. The van der Waals surface area contributed by atoms with Gasteiger partial charge in [0.1, 0.15) is 24.7 Å². The summed E-state index contributed by atoms with van der Waals surface area (Å²) in [5, 5.41) is 17.9. The fraction of sp³-hybridized carbons (Fsp3) is 0.415. The zero-order valence-electron chi connectivity index (χ0n) is 42.8. The quantitative estimate of drug-likeness (QED) is 0.0327. The number of halogens is 4. The molecule has 6 N–H and O–H groups in total. The number of likely N-dealkylation sites (tertiary alicyclic amines) is 1. The molecule has 78 heavy (non-hydrogen) atoms. The normalized spacial score (nSPS) is 14.1. The summed E-state index contributed by atoms with van der Waals surface area (Å²) in [5.41, 5.74) is 5.51. The number of carbonyl (C=O) groups is 7. The van der Waals surface area contributed by atoms with Crippen molar-refractivity contribution in [3.63, 3.8) is 0 Å². The van der Waals surface area contributed by atoms with E-state index in [4.69, 9.17) is 10.7 Å². The SMILES string of the molecule is COC(=O)CNC(=O)CNC(=O)Cn1nc(C(F)(F)F)c2c(-c3cc4c(cnn4C(=O)CCC(=O)NCCCCCC(=O)N4CCC(c5ccc(Nc6nc(N7CCCCC7)cnc6C(N)=O)cc5)CC4)cc3F)cccc21. The number of ether oxygens (including phenoxy) is 1. The summed E-state index contributed by atoms with van der Waals surface area (Å²) in [5.74, 6) is -3.64. The predicted octanol–water partition coefficient (Wildman–Crippen LogP) is 5.74. The topological polar surface area (TPSA) is 271 Å². The number of carbonyl (C=O) groups excluding carboxylic acids is 7. The van der Waals surface area contributed by atoms with E-state index in [0.717, 1.165) is 72.6 Å². The highest BCUT2D eigenvalue weighted by atomic mass is 19.4. The van der Waals surface area contributed by atoms with Gasteiger partial charge in [0.15, 0.2) is 17.2 Å². The van der Waals surface area contributed by atoms with Gasteiger partial charge in [0, 0.05) is 74.0 Å². The van der Waals surface area contributed by atoms with Crippen LogP contribution in [0.4, 0.5) is 34.9 Å². The molecule has 0 saturated carbocycles. The van der Waals surface area contributed by atoms with Crippen LogP contribution in [-0.4, -0.2) is 129 Å². The number of methoxy groups -OCH3 is 1. The number of amides is 5. The molecule has 5 heterocycles. The van der Waals surface area contributed by atoms with Gasteiger partial charge in [-0.3, -0.25) is 38.2 Å². The summed E-state index contributed by atoms with van der Waals surface area (Å²) in [6, 6.07) is 14.0. The van der Waals surface area contributed by atoms with Crippen LogP contribution >= 0.6 is 0 Å². The number of aromatic nitrogens is 6. The molecule has 0 radical (unpaired) electrons. The molecule has 412 valence electrons. The van der Waals surface area contributed by atoms with E-state index in [2.05, 4.69) is 46.1 Å². The molecule has 6 aromatic rings. The number of piperidine rings is 2. The first kappa shape index (κ1) is 55.7. The Morgan fingerprint density at radius 1 is 0.769 bits per heavy atom. The van der Waals surface area contributed by atoms with Gasteiger partial charge in [-0.15, -0.1) is 0 Å².